The number of aromatic nitrogens is 1. The van der Waals surface area contributed by atoms with Crippen molar-refractivity contribution in [3.8, 4) is 5.75 Å². The first-order valence-electron chi connectivity index (χ1n) is 4.62. The average molecular weight is 223 g/mol. The summed E-state index contributed by atoms with van der Waals surface area (Å²) < 4.78 is 0. The first kappa shape index (κ1) is 11.8. The first-order valence-corrected chi connectivity index (χ1v) is 5.61. The molecule has 1 rings (SSSR count). The summed E-state index contributed by atoms with van der Waals surface area (Å²) in [6.07, 6.45) is 7.75. The number of allylic oxidation sites excluding steroid dienone is 1. The molecule has 0 aromatic carbocycles. The molecule has 0 radical (unpaired) electrons. The van der Waals surface area contributed by atoms with Gasteiger partial charge in [-0.05, 0) is 18.1 Å². The van der Waals surface area contributed by atoms with Crippen molar-refractivity contribution in [3.63, 3.8) is 0 Å². The van der Waals surface area contributed by atoms with Gasteiger partial charge in [-0.1, -0.05) is 23.9 Å². The fourth-order valence-corrected chi connectivity index (χ4v) is 1.57. The van der Waals surface area contributed by atoms with Gasteiger partial charge >= 0.3 is 0 Å². The maximum Gasteiger partial charge on any atom is 0.185 e. The average Bonchev–Trinajstić information content (AvgIpc) is 2.17. The number of hydrogen-bond acceptors (Lipinski definition) is 4. The van der Waals surface area contributed by atoms with E-state index in [9.17, 15) is 4.79 Å². The highest BCUT2D eigenvalue weighted by molar-refractivity contribution is 8.13. The molecular formula is C11H13NO2S. The Morgan fingerprint density at radius 2 is 2.40 bits per heavy atom. The molecule has 80 valence electrons. The van der Waals surface area contributed by atoms with Crippen molar-refractivity contribution in [3.05, 3.63) is 30.1 Å². The van der Waals surface area contributed by atoms with Gasteiger partial charge in [0.1, 0.15) is 5.75 Å². The molecule has 15 heavy (non-hydrogen) atoms. The Hall–Kier alpha value is -1.29. The summed E-state index contributed by atoms with van der Waals surface area (Å²) in [6, 6.07) is 1.64. The fourth-order valence-electron chi connectivity index (χ4n) is 1.03. The molecule has 0 aliphatic rings. The van der Waals surface area contributed by atoms with Crippen molar-refractivity contribution in [1.29, 1.82) is 0 Å². The van der Waals surface area contributed by atoms with Crippen LogP contribution < -0.4 is 0 Å². The van der Waals surface area contributed by atoms with E-state index in [1.807, 2.05) is 12.2 Å². The molecule has 0 bridgehead atoms. The molecule has 0 aliphatic carbocycles. The quantitative estimate of drug-likeness (QED) is 0.797. The Balaban J connectivity index is 2.35. The van der Waals surface area contributed by atoms with E-state index in [1.165, 1.54) is 18.0 Å². The molecule has 0 spiro atoms. The van der Waals surface area contributed by atoms with Gasteiger partial charge in [-0.25, -0.2) is 0 Å². The van der Waals surface area contributed by atoms with E-state index in [-0.39, 0.29) is 10.9 Å². The van der Waals surface area contributed by atoms with Gasteiger partial charge in [0.2, 0.25) is 0 Å². The summed E-state index contributed by atoms with van der Waals surface area (Å²) in [5, 5.41) is 9.28. The van der Waals surface area contributed by atoms with Crippen molar-refractivity contribution in [1.82, 2.24) is 4.98 Å². The highest BCUT2D eigenvalue weighted by Crippen LogP contribution is 2.11. The number of nitrogens with zero attached hydrogens (tertiary/aromatic N) is 1. The minimum atomic E-state index is 0.141. The number of hydrogen-bond donors (Lipinski definition) is 1. The van der Waals surface area contributed by atoms with E-state index in [1.54, 1.807) is 19.2 Å². The SMILES string of the molecule is CC(=O)SCCC=Cc1cncc(O)c1. The summed E-state index contributed by atoms with van der Waals surface area (Å²) in [7, 11) is 0. The smallest absolute Gasteiger partial charge is 0.185 e. The van der Waals surface area contributed by atoms with Gasteiger partial charge in [0.15, 0.2) is 5.12 Å². The van der Waals surface area contributed by atoms with Crippen LogP contribution in [0.3, 0.4) is 0 Å². The summed E-state index contributed by atoms with van der Waals surface area (Å²) in [5.41, 5.74) is 0.864. The van der Waals surface area contributed by atoms with Gasteiger partial charge in [-0.2, -0.15) is 0 Å². The van der Waals surface area contributed by atoms with Gasteiger partial charge in [-0.3, -0.25) is 9.78 Å². The Bertz CT molecular complexity index is 363. The Morgan fingerprint density at radius 3 is 3.07 bits per heavy atom. The summed E-state index contributed by atoms with van der Waals surface area (Å²) in [4.78, 5) is 14.5. The molecular weight excluding hydrogens is 210 g/mol. The van der Waals surface area contributed by atoms with E-state index < -0.39 is 0 Å². The van der Waals surface area contributed by atoms with Crippen LogP contribution in [0.25, 0.3) is 6.08 Å². The summed E-state index contributed by atoms with van der Waals surface area (Å²) in [5.74, 6) is 0.952. The Kier molecular flexibility index (Phi) is 4.90. The number of carbonyl (C=O) groups excluding carboxylic acids is 1. The molecule has 3 nitrogen and oxygen atoms in total. The second kappa shape index (κ2) is 6.24. The molecule has 0 amide bonds. The second-order valence-corrected chi connectivity index (χ2v) is 4.28. The van der Waals surface area contributed by atoms with E-state index in [2.05, 4.69) is 4.98 Å². The van der Waals surface area contributed by atoms with Crippen molar-refractivity contribution in [2.75, 3.05) is 5.75 Å². The van der Waals surface area contributed by atoms with Crippen LogP contribution in [0.5, 0.6) is 5.75 Å². The third kappa shape index (κ3) is 5.22. The number of aromatic hydroxyl groups is 1. The molecule has 0 fully saturated rings. The van der Waals surface area contributed by atoms with Crippen molar-refractivity contribution in [2.24, 2.45) is 0 Å². The third-order valence-corrected chi connectivity index (χ3v) is 2.49. The highest BCUT2D eigenvalue weighted by Gasteiger charge is 1.92. The molecule has 0 unspecified atom stereocenters. The maximum atomic E-state index is 10.6. The standard InChI is InChI=1S/C11H13NO2S/c1-9(13)15-5-3-2-4-10-6-11(14)8-12-7-10/h2,4,6-8,14H,3,5H2,1H3. The molecule has 0 aliphatic heterocycles. The zero-order valence-electron chi connectivity index (χ0n) is 8.51. The molecule has 1 aromatic heterocycles. The number of thioether (sulfide) groups is 1. The zero-order valence-corrected chi connectivity index (χ0v) is 9.33. The van der Waals surface area contributed by atoms with Gasteiger partial charge in [-0.15, -0.1) is 0 Å². The number of carbonyl (C=O) groups is 1. The topological polar surface area (TPSA) is 50.2 Å². The third-order valence-electron chi connectivity index (χ3n) is 1.65. The van der Waals surface area contributed by atoms with Crippen LogP contribution in [0.4, 0.5) is 0 Å². The van der Waals surface area contributed by atoms with Crippen molar-refractivity contribution in [2.45, 2.75) is 13.3 Å². The van der Waals surface area contributed by atoms with Gasteiger partial charge in [0.05, 0.1) is 6.20 Å². The molecule has 1 heterocycles. The fraction of sp³-hybridized carbons (Fsp3) is 0.273. The van der Waals surface area contributed by atoms with Gasteiger partial charge in [0, 0.05) is 18.9 Å². The summed E-state index contributed by atoms with van der Waals surface area (Å²) in [6.45, 7) is 1.56. The van der Waals surface area contributed by atoms with Gasteiger partial charge in [0.25, 0.3) is 0 Å². The number of pyridine rings is 1. The largest absolute Gasteiger partial charge is 0.506 e. The lowest BCUT2D eigenvalue weighted by Crippen LogP contribution is -1.83. The molecule has 0 saturated carbocycles. The lowest BCUT2D eigenvalue weighted by atomic mass is 10.2. The predicted octanol–water partition coefficient (Wildman–Crippen LogP) is 2.47. The van der Waals surface area contributed by atoms with Crippen LogP contribution in [0.15, 0.2) is 24.5 Å². The van der Waals surface area contributed by atoms with Crippen LogP contribution >= 0.6 is 11.8 Å². The lowest BCUT2D eigenvalue weighted by molar-refractivity contribution is -0.109. The van der Waals surface area contributed by atoms with Crippen LogP contribution in [0.2, 0.25) is 0 Å². The van der Waals surface area contributed by atoms with Gasteiger partial charge < -0.3 is 5.11 Å². The molecule has 0 saturated heterocycles. The Morgan fingerprint density at radius 1 is 1.60 bits per heavy atom. The van der Waals surface area contributed by atoms with E-state index in [0.29, 0.717) is 0 Å². The van der Waals surface area contributed by atoms with Crippen molar-refractivity contribution < 1.29 is 9.90 Å². The van der Waals surface area contributed by atoms with E-state index >= 15 is 0 Å². The van der Waals surface area contributed by atoms with E-state index in [0.717, 1.165) is 17.7 Å². The molecule has 1 N–H and O–H groups in total. The molecule has 1 aromatic rings. The predicted molar refractivity (Wildman–Crippen MR) is 62.7 cm³/mol. The van der Waals surface area contributed by atoms with Crippen LogP contribution in [0, 0.1) is 0 Å². The highest BCUT2D eigenvalue weighted by atomic mass is 32.2. The normalized spacial score (nSPS) is 10.7. The van der Waals surface area contributed by atoms with Crippen LogP contribution in [0.1, 0.15) is 18.9 Å². The maximum absolute atomic E-state index is 10.6. The second-order valence-electron chi connectivity index (χ2n) is 3.01. The first-order chi connectivity index (χ1) is 7.18. The van der Waals surface area contributed by atoms with Crippen LogP contribution in [-0.4, -0.2) is 21.0 Å². The minimum absolute atomic E-state index is 0.141. The zero-order chi connectivity index (χ0) is 11.1. The molecule has 4 heteroatoms. The van der Waals surface area contributed by atoms with Crippen molar-refractivity contribution >= 4 is 23.0 Å². The number of rotatable bonds is 4. The Labute approximate surface area is 93.2 Å². The molecule has 0 atom stereocenters. The minimum Gasteiger partial charge on any atom is -0.506 e. The monoisotopic (exact) mass is 223 g/mol. The van der Waals surface area contributed by atoms with E-state index in [4.69, 9.17) is 5.11 Å². The van der Waals surface area contributed by atoms with Crippen LogP contribution in [-0.2, 0) is 4.79 Å². The summed E-state index contributed by atoms with van der Waals surface area (Å²) >= 11 is 1.31. The lowest BCUT2D eigenvalue weighted by Gasteiger charge is -1.94.